The van der Waals surface area contributed by atoms with E-state index < -0.39 is 36.6 Å². The molecule has 1 saturated heterocycles. The number of likely N-dealkylation sites (tertiary alicyclic amines) is 1. The number of rotatable bonds is 1. The number of carboxylic acids is 1. The Morgan fingerprint density at radius 1 is 1.31 bits per heavy atom. The van der Waals surface area contributed by atoms with Gasteiger partial charge in [-0.05, 0) is 12.8 Å². The fourth-order valence-corrected chi connectivity index (χ4v) is 1.84. The SMILES string of the molecule is CC(=O)N1C[C@@H](C(F)(F)F)CC[C@H]1C(=O)O. The van der Waals surface area contributed by atoms with Crippen LogP contribution in [-0.2, 0) is 9.59 Å². The number of hydrogen-bond donors (Lipinski definition) is 1. The molecule has 0 aromatic heterocycles. The Balaban J connectivity index is 2.81. The molecular formula is C9H12F3NO3. The first-order chi connectivity index (χ1) is 7.23. The van der Waals surface area contributed by atoms with Crippen molar-refractivity contribution in [2.45, 2.75) is 32.0 Å². The highest BCUT2D eigenvalue weighted by atomic mass is 19.4. The predicted molar refractivity (Wildman–Crippen MR) is 47.6 cm³/mol. The predicted octanol–water partition coefficient (Wildman–Crippen LogP) is 1.26. The quantitative estimate of drug-likeness (QED) is 0.749. The van der Waals surface area contributed by atoms with Crippen LogP contribution in [0.15, 0.2) is 0 Å². The van der Waals surface area contributed by atoms with Gasteiger partial charge in [0.2, 0.25) is 5.91 Å². The van der Waals surface area contributed by atoms with Gasteiger partial charge in [0.25, 0.3) is 0 Å². The summed E-state index contributed by atoms with van der Waals surface area (Å²) in [6.07, 6.45) is -4.78. The summed E-state index contributed by atoms with van der Waals surface area (Å²) in [5, 5.41) is 8.77. The highest BCUT2D eigenvalue weighted by molar-refractivity contribution is 5.82. The van der Waals surface area contributed by atoms with Crippen LogP contribution < -0.4 is 0 Å². The number of alkyl halides is 3. The molecule has 0 aromatic carbocycles. The number of aliphatic carboxylic acids is 1. The van der Waals surface area contributed by atoms with Gasteiger partial charge in [0.05, 0.1) is 5.92 Å². The molecule has 0 radical (unpaired) electrons. The van der Waals surface area contributed by atoms with Crippen molar-refractivity contribution in [3.05, 3.63) is 0 Å². The second-order valence-corrected chi connectivity index (χ2v) is 3.84. The first-order valence-corrected chi connectivity index (χ1v) is 4.80. The summed E-state index contributed by atoms with van der Waals surface area (Å²) in [5.41, 5.74) is 0. The molecule has 0 bridgehead atoms. The van der Waals surface area contributed by atoms with Crippen molar-refractivity contribution in [3.8, 4) is 0 Å². The molecular weight excluding hydrogens is 227 g/mol. The van der Waals surface area contributed by atoms with Gasteiger partial charge in [0, 0.05) is 13.5 Å². The van der Waals surface area contributed by atoms with Crippen molar-refractivity contribution in [2.75, 3.05) is 6.54 Å². The lowest BCUT2D eigenvalue weighted by Crippen LogP contribution is -2.52. The molecule has 1 fully saturated rings. The molecule has 1 aliphatic heterocycles. The fraction of sp³-hybridized carbons (Fsp3) is 0.778. The molecule has 1 amide bonds. The van der Waals surface area contributed by atoms with E-state index in [9.17, 15) is 22.8 Å². The van der Waals surface area contributed by atoms with Crippen molar-refractivity contribution in [3.63, 3.8) is 0 Å². The van der Waals surface area contributed by atoms with Crippen molar-refractivity contribution in [1.29, 1.82) is 0 Å². The molecule has 16 heavy (non-hydrogen) atoms. The van der Waals surface area contributed by atoms with Crippen LogP contribution in [0.1, 0.15) is 19.8 Å². The molecule has 1 rings (SSSR count). The minimum absolute atomic E-state index is 0.154. The third-order valence-electron chi connectivity index (χ3n) is 2.73. The Kier molecular flexibility index (Phi) is 3.44. The van der Waals surface area contributed by atoms with E-state index >= 15 is 0 Å². The van der Waals surface area contributed by atoms with E-state index in [-0.39, 0.29) is 12.8 Å². The van der Waals surface area contributed by atoms with E-state index in [1.165, 1.54) is 0 Å². The number of carbonyl (C=O) groups excluding carboxylic acids is 1. The van der Waals surface area contributed by atoms with E-state index in [4.69, 9.17) is 5.11 Å². The molecule has 2 atom stereocenters. The number of nitrogens with zero attached hydrogens (tertiary/aromatic N) is 1. The van der Waals surface area contributed by atoms with Crippen LogP contribution in [0.5, 0.6) is 0 Å². The van der Waals surface area contributed by atoms with Gasteiger partial charge in [-0.3, -0.25) is 4.79 Å². The third-order valence-corrected chi connectivity index (χ3v) is 2.73. The normalized spacial score (nSPS) is 26.6. The van der Waals surface area contributed by atoms with Gasteiger partial charge < -0.3 is 10.0 Å². The van der Waals surface area contributed by atoms with Crippen LogP contribution in [-0.4, -0.2) is 40.6 Å². The molecule has 0 aliphatic carbocycles. The maximum atomic E-state index is 12.4. The number of piperidine rings is 1. The number of carboxylic acid groups (broad SMARTS) is 1. The van der Waals surface area contributed by atoms with Gasteiger partial charge in [-0.1, -0.05) is 0 Å². The Morgan fingerprint density at radius 2 is 1.88 bits per heavy atom. The molecule has 7 heteroatoms. The molecule has 92 valence electrons. The summed E-state index contributed by atoms with van der Waals surface area (Å²) in [6, 6.07) is -1.13. The maximum Gasteiger partial charge on any atom is 0.393 e. The summed E-state index contributed by atoms with van der Waals surface area (Å²) >= 11 is 0. The largest absolute Gasteiger partial charge is 0.480 e. The third kappa shape index (κ3) is 2.65. The second-order valence-electron chi connectivity index (χ2n) is 3.84. The summed E-state index contributed by atoms with van der Waals surface area (Å²) in [5.74, 6) is -3.51. The van der Waals surface area contributed by atoms with E-state index in [0.717, 1.165) is 11.8 Å². The number of carbonyl (C=O) groups is 2. The fourth-order valence-electron chi connectivity index (χ4n) is 1.84. The van der Waals surface area contributed by atoms with Crippen LogP contribution in [0.3, 0.4) is 0 Å². The summed E-state index contributed by atoms with van der Waals surface area (Å²) in [6.45, 7) is 0.518. The lowest BCUT2D eigenvalue weighted by atomic mass is 9.92. The zero-order valence-electron chi connectivity index (χ0n) is 8.62. The van der Waals surface area contributed by atoms with Gasteiger partial charge in [0.1, 0.15) is 6.04 Å². The molecule has 0 aromatic rings. The van der Waals surface area contributed by atoms with Crippen molar-refractivity contribution < 1.29 is 27.9 Å². The summed E-state index contributed by atoms with van der Waals surface area (Å²) in [7, 11) is 0. The maximum absolute atomic E-state index is 12.4. The van der Waals surface area contributed by atoms with Gasteiger partial charge in [-0.2, -0.15) is 13.2 Å². The Bertz CT molecular complexity index is 303. The highest BCUT2D eigenvalue weighted by Crippen LogP contribution is 2.35. The molecule has 0 spiro atoms. The molecule has 1 aliphatic rings. The lowest BCUT2D eigenvalue weighted by molar-refractivity contribution is -0.194. The van der Waals surface area contributed by atoms with E-state index in [0.29, 0.717) is 0 Å². The minimum Gasteiger partial charge on any atom is -0.480 e. The number of amides is 1. The number of halogens is 3. The smallest absolute Gasteiger partial charge is 0.393 e. The van der Waals surface area contributed by atoms with Gasteiger partial charge in [-0.25, -0.2) is 4.79 Å². The summed E-state index contributed by atoms with van der Waals surface area (Å²) in [4.78, 5) is 22.6. The molecule has 0 unspecified atom stereocenters. The molecule has 4 nitrogen and oxygen atoms in total. The lowest BCUT2D eigenvalue weighted by Gasteiger charge is -2.37. The Labute approximate surface area is 90.0 Å². The topological polar surface area (TPSA) is 57.6 Å². The average molecular weight is 239 g/mol. The molecule has 0 saturated carbocycles. The van der Waals surface area contributed by atoms with Gasteiger partial charge in [0.15, 0.2) is 0 Å². The van der Waals surface area contributed by atoms with E-state index in [1.807, 2.05) is 0 Å². The Morgan fingerprint density at radius 3 is 2.25 bits per heavy atom. The second kappa shape index (κ2) is 4.31. The number of hydrogen-bond acceptors (Lipinski definition) is 2. The molecule has 1 heterocycles. The molecule has 1 N–H and O–H groups in total. The average Bonchev–Trinajstić information content (AvgIpc) is 2.15. The van der Waals surface area contributed by atoms with Crippen molar-refractivity contribution in [1.82, 2.24) is 4.90 Å². The minimum atomic E-state index is -4.38. The van der Waals surface area contributed by atoms with Crippen LogP contribution in [0, 0.1) is 5.92 Å². The van der Waals surface area contributed by atoms with Gasteiger partial charge in [-0.15, -0.1) is 0 Å². The van der Waals surface area contributed by atoms with Crippen molar-refractivity contribution >= 4 is 11.9 Å². The standard InChI is InChI=1S/C9H12F3NO3/c1-5(14)13-4-6(9(10,11)12)2-3-7(13)8(15)16/h6-7H,2-4H2,1H3,(H,15,16)/t6-,7-/m0/s1. The van der Waals surface area contributed by atoms with E-state index in [2.05, 4.69) is 0 Å². The van der Waals surface area contributed by atoms with Crippen LogP contribution in [0.2, 0.25) is 0 Å². The van der Waals surface area contributed by atoms with Crippen LogP contribution in [0.25, 0.3) is 0 Å². The van der Waals surface area contributed by atoms with E-state index in [1.54, 1.807) is 0 Å². The highest BCUT2D eigenvalue weighted by Gasteiger charge is 2.46. The monoisotopic (exact) mass is 239 g/mol. The summed E-state index contributed by atoms with van der Waals surface area (Å²) < 4.78 is 37.3. The van der Waals surface area contributed by atoms with Gasteiger partial charge >= 0.3 is 12.1 Å². The van der Waals surface area contributed by atoms with Crippen LogP contribution >= 0.6 is 0 Å². The first-order valence-electron chi connectivity index (χ1n) is 4.80. The van der Waals surface area contributed by atoms with Crippen molar-refractivity contribution in [2.24, 2.45) is 5.92 Å². The van der Waals surface area contributed by atoms with Crippen LogP contribution in [0.4, 0.5) is 13.2 Å². The Hall–Kier alpha value is -1.27. The first kappa shape index (κ1) is 12.8. The zero-order chi connectivity index (χ0) is 12.5. The zero-order valence-corrected chi connectivity index (χ0v) is 8.62.